The Hall–Kier alpha value is -2.31. The van der Waals surface area contributed by atoms with Crippen molar-refractivity contribution in [2.45, 2.75) is 0 Å². The molecule has 0 spiro atoms. The summed E-state index contributed by atoms with van der Waals surface area (Å²) in [5, 5.41) is 14.4. The topological polar surface area (TPSA) is 120 Å². The van der Waals surface area contributed by atoms with Crippen LogP contribution in [0.15, 0.2) is 29.4 Å². The van der Waals surface area contributed by atoms with Gasteiger partial charge in [-0.25, -0.2) is 10.1 Å². The summed E-state index contributed by atoms with van der Waals surface area (Å²) in [6.07, 6.45) is 0. The Morgan fingerprint density at radius 3 is 2.71 bits per heavy atom. The smallest absolute Gasteiger partial charge is 0.270 e. The zero-order valence-corrected chi connectivity index (χ0v) is 7.18. The third-order valence-electron chi connectivity index (χ3n) is 1.41. The third kappa shape index (κ3) is 2.63. The molecule has 0 aromatic heterocycles. The number of nitro groups is 1. The van der Waals surface area contributed by atoms with Crippen molar-refractivity contribution in [1.82, 2.24) is 0 Å². The van der Waals surface area contributed by atoms with Crippen molar-refractivity contribution in [3.63, 3.8) is 0 Å². The van der Waals surface area contributed by atoms with Crippen molar-refractivity contribution in [3.8, 4) is 0 Å². The highest BCUT2D eigenvalue weighted by Crippen LogP contribution is 2.15. The van der Waals surface area contributed by atoms with E-state index in [1.54, 1.807) is 24.3 Å². The average molecular weight is 195 g/mol. The summed E-state index contributed by atoms with van der Waals surface area (Å²) in [6.45, 7) is 0. The number of para-hydroxylation sites is 2. The number of hydrazone groups is 1. The van der Waals surface area contributed by atoms with E-state index in [0.717, 1.165) is 0 Å². The normalized spacial score (nSPS) is 11.0. The second kappa shape index (κ2) is 4.08. The molecule has 0 aliphatic rings. The molecule has 7 heteroatoms. The zero-order valence-electron chi connectivity index (χ0n) is 7.18. The van der Waals surface area contributed by atoms with Crippen LogP contribution >= 0.6 is 0 Å². The van der Waals surface area contributed by atoms with E-state index < -0.39 is 5.03 Å². The highest BCUT2D eigenvalue weighted by molar-refractivity contribution is 5.94. The third-order valence-corrected chi connectivity index (χ3v) is 1.41. The van der Waals surface area contributed by atoms with Crippen molar-refractivity contribution >= 4 is 17.3 Å². The van der Waals surface area contributed by atoms with Crippen molar-refractivity contribution in [3.05, 3.63) is 34.4 Å². The van der Waals surface area contributed by atoms with Crippen LogP contribution in [-0.4, -0.2) is 11.0 Å². The predicted molar refractivity (Wildman–Crippen MR) is 53.1 cm³/mol. The first-order valence-electron chi connectivity index (χ1n) is 3.69. The van der Waals surface area contributed by atoms with E-state index in [-0.39, 0.29) is 5.96 Å². The first-order chi connectivity index (χ1) is 6.59. The van der Waals surface area contributed by atoms with Gasteiger partial charge in [0, 0.05) is 0 Å². The van der Waals surface area contributed by atoms with Crippen LogP contribution in [0.4, 0.5) is 11.4 Å². The number of nitrogens with two attached hydrogens (primary N) is 2. The molecule has 0 saturated carbocycles. The van der Waals surface area contributed by atoms with E-state index in [9.17, 15) is 10.1 Å². The summed E-state index contributed by atoms with van der Waals surface area (Å²) >= 11 is 0. The molecule has 0 fully saturated rings. The number of benzene rings is 1. The van der Waals surface area contributed by atoms with Gasteiger partial charge in [-0.15, -0.1) is 0 Å². The molecule has 0 unspecified atom stereocenters. The second-order valence-electron chi connectivity index (χ2n) is 2.44. The Balaban J connectivity index is 2.79. The van der Waals surface area contributed by atoms with Gasteiger partial charge < -0.3 is 16.8 Å². The maximum atomic E-state index is 9.95. The van der Waals surface area contributed by atoms with Crippen LogP contribution in [0.2, 0.25) is 0 Å². The van der Waals surface area contributed by atoms with Crippen LogP contribution in [-0.2, 0) is 0 Å². The van der Waals surface area contributed by atoms with Gasteiger partial charge in [0.25, 0.3) is 5.96 Å². The van der Waals surface area contributed by atoms with Crippen molar-refractivity contribution < 1.29 is 5.03 Å². The number of hydrogen-bond donors (Lipinski definition) is 3. The Bertz CT molecular complexity index is 376. The fraction of sp³-hybridized carbons (Fsp3) is 0. The van der Waals surface area contributed by atoms with Crippen LogP contribution in [0.3, 0.4) is 0 Å². The highest BCUT2D eigenvalue weighted by Gasteiger charge is 2.01. The average Bonchev–Trinajstić information content (AvgIpc) is 2.07. The number of nitrogen functional groups attached to an aromatic ring is 1. The molecule has 0 aliphatic heterocycles. The first kappa shape index (κ1) is 9.78. The lowest BCUT2D eigenvalue weighted by Gasteiger charge is -2.04. The molecule has 7 nitrogen and oxygen atoms in total. The monoisotopic (exact) mass is 195 g/mol. The molecule has 0 radical (unpaired) electrons. The Morgan fingerprint density at radius 1 is 1.50 bits per heavy atom. The molecule has 1 aromatic carbocycles. The lowest BCUT2D eigenvalue weighted by atomic mass is 10.3. The number of nitrogens with one attached hydrogen (secondary N) is 1. The van der Waals surface area contributed by atoms with Crippen LogP contribution in [0, 0.1) is 10.1 Å². The van der Waals surface area contributed by atoms with Crippen LogP contribution in [0.1, 0.15) is 0 Å². The molecule has 0 saturated heterocycles. The Kier molecular flexibility index (Phi) is 2.85. The second-order valence-corrected chi connectivity index (χ2v) is 2.44. The minimum Gasteiger partial charge on any atom is -0.397 e. The van der Waals surface area contributed by atoms with Gasteiger partial charge in [-0.2, -0.15) is 0 Å². The highest BCUT2D eigenvalue weighted by atomic mass is 16.7. The molecule has 0 amide bonds. The Morgan fingerprint density at radius 2 is 2.14 bits per heavy atom. The van der Waals surface area contributed by atoms with Gasteiger partial charge >= 0.3 is 0 Å². The van der Waals surface area contributed by atoms with E-state index in [1.807, 2.05) is 0 Å². The summed E-state index contributed by atoms with van der Waals surface area (Å²) in [7, 11) is 0. The van der Waals surface area contributed by atoms with E-state index >= 15 is 0 Å². The van der Waals surface area contributed by atoms with Gasteiger partial charge in [-0.3, -0.25) is 0 Å². The molecule has 0 heterocycles. The summed E-state index contributed by atoms with van der Waals surface area (Å²) in [5.74, 6) is -0.312. The standard InChI is InChI=1S/C7H9N5O2/c8-5-3-1-2-4-6(5)10-7(9)11-12(13)14/h1-4H,8H2,(H3,9,10,11). The van der Waals surface area contributed by atoms with Crippen molar-refractivity contribution in [1.29, 1.82) is 0 Å². The summed E-state index contributed by atoms with van der Waals surface area (Å²) in [4.78, 5) is 9.95. The first-order valence-corrected chi connectivity index (χ1v) is 3.69. The number of rotatable bonds is 2. The molecule has 0 aliphatic carbocycles. The minimum absolute atomic E-state index is 0.312. The maximum absolute atomic E-state index is 9.95. The van der Waals surface area contributed by atoms with Gasteiger partial charge in [-0.05, 0) is 12.1 Å². The summed E-state index contributed by atoms with van der Waals surface area (Å²) < 4.78 is 0. The van der Waals surface area contributed by atoms with Gasteiger partial charge in [0.05, 0.1) is 11.4 Å². The number of hydrogen-bond acceptors (Lipinski definition) is 3. The molecule has 74 valence electrons. The summed E-state index contributed by atoms with van der Waals surface area (Å²) in [6, 6.07) is 6.74. The van der Waals surface area contributed by atoms with Crippen LogP contribution in [0.25, 0.3) is 0 Å². The van der Waals surface area contributed by atoms with Crippen LogP contribution in [0.5, 0.6) is 0 Å². The largest absolute Gasteiger partial charge is 0.397 e. The van der Waals surface area contributed by atoms with Crippen LogP contribution < -0.4 is 16.8 Å². The van der Waals surface area contributed by atoms with Gasteiger partial charge in [-0.1, -0.05) is 12.1 Å². The van der Waals surface area contributed by atoms with Crippen molar-refractivity contribution in [2.75, 3.05) is 11.1 Å². The minimum atomic E-state index is -0.887. The zero-order chi connectivity index (χ0) is 10.6. The maximum Gasteiger partial charge on any atom is 0.270 e. The Labute approximate surface area is 79.5 Å². The van der Waals surface area contributed by atoms with Crippen molar-refractivity contribution in [2.24, 2.45) is 10.8 Å². The molecule has 1 aromatic rings. The number of anilines is 2. The fourth-order valence-corrected chi connectivity index (χ4v) is 0.862. The molecule has 1 rings (SSSR count). The lowest BCUT2D eigenvalue weighted by Crippen LogP contribution is -2.24. The molecular formula is C7H9N5O2. The lowest BCUT2D eigenvalue weighted by molar-refractivity contribution is -0.485. The van der Waals surface area contributed by atoms with E-state index in [0.29, 0.717) is 11.4 Å². The quantitative estimate of drug-likeness (QED) is 0.204. The van der Waals surface area contributed by atoms with Gasteiger partial charge in [0.2, 0.25) is 0 Å². The van der Waals surface area contributed by atoms with Gasteiger partial charge in [0.15, 0.2) is 5.03 Å². The SMILES string of the molecule is NC(=N[N+](=O)[O-])Nc1ccccc1N. The molecule has 0 bridgehead atoms. The molecule has 0 atom stereocenters. The fourth-order valence-electron chi connectivity index (χ4n) is 0.862. The van der Waals surface area contributed by atoms with E-state index in [4.69, 9.17) is 11.5 Å². The molecular weight excluding hydrogens is 186 g/mol. The molecule has 5 N–H and O–H groups in total. The number of guanidine groups is 1. The molecule has 14 heavy (non-hydrogen) atoms. The number of nitrogens with zero attached hydrogens (tertiary/aromatic N) is 2. The summed E-state index contributed by atoms with van der Waals surface area (Å²) in [5.41, 5.74) is 11.7. The predicted octanol–water partition coefficient (Wildman–Crippen LogP) is 0.187. The van der Waals surface area contributed by atoms with Gasteiger partial charge in [0.1, 0.15) is 5.10 Å². The van der Waals surface area contributed by atoms with E-state index in [1.165, 1.54) is 0 Å². The van der Waals surface area contributed by atoms with E-state index in [2.05, 4.69) is 10.4 Å².